The molecule has 4 heterocycles. The van der Waals surface area contributed by atoms with Crippen molar-refractivity contribution >= 4 is 17.7 Å². The second-order valence-corrected chi connectivity index (χ2v) is 6.24. The summed E-state index contributed by atoms with van der Waals surface area (Å²) in [5.41, 5.74) is 8.21. The van der Waals surface area contributed by atoms with Gasteiger partial charge in [0.2, 0.25) is 11.9 Å². The molecule has 2 aliphatic heterocycles. The molecule has 4 N–H and O–H groups in total. The minimum absolute atomic E-state index is 0.366. The van der Waals surface area contributed by atoms with E-state index in [2.05, 4.69) is 35.5 Å². The first kappa shape index (κ1) is 15.1. The number of anilines is 3. The summed E-state index contributed by atoms with van der Waals surface area (Å²) in [5, 5.41) is 6.75. The quantitative estimate of drug-likeness (QED) is 0.752. The predicted molar refractivity (Wildman–Crippen MR) is 92.7 cm³/mol. The van der Waals surface area contributed by atoms with Crippen molar-refractivity contribution in [1.29, 1.82) is 0 Å². The largest absolute Gasteiger partial charge is 0.368 e. The molecule has 1 saturated heterocycles. The van der Waals surface area contributed by atoms with E-state index in [4.69, 9.17) is 5.73 Å². The Labute approximate surface area is 140 Å². The van der Waals surface area contributed by atoms with E-state index in [1.807, 2.05) is 6.07 Å². The van der Waals surface area contributed by atoms with Crippen LogP contribution < -0.4 is 21.3 Å². The summed E-state index contributed by atoms with van der Waals surface area (Å²) in [6.45, 7) is 3.64. The Morgan fingerprint density at radius 3 is 2.75 bits per heavy atom. The summed E-state index contributed by atoms with van der Waals surface area (Å²) in [5.74, 6) is 2.09. The maximum atomic E-state index is 5.91. The van der Waals surface area contributed by atoms with E-state index in [0.717, 1.165) is 57.0 Å². The maximum Gasteiger partial charge on any atom is 0.222 e. The van der Waals surface area contributed by atoms with Crippen molar-refractivity contribution in [3.63, 3.8) is 0 Å². The van der Waals surface area contributed by atoms with Gasteiger partial charge in [0.1, 0.15) is 5.82 Å². The molecule has 24 heavy (non-hydrogen) atoms. The molecule has 0 saturated carbocycles. The lowest BCUT2D eigenvalue weighted by Crippen LogP contribution is -2.41. The van der Waals surface area contributed by atoms with Crippen LogP contribution in [-0.2, 0) is 13.0 Å². The van der Waals surface area contributed by atoms with Gasteiger partial charge in [-0.05, 0) is 31.9 Å². The highest BCUT2D eigenvalue weighted by atomic mass is 15.2. The molecule has 0 bridgehead atoms. The second-order valence-electron chi connectivity index (χ2n) is 6.24. The number of hydrogen-bond acceptors (Lipinski definition) is 8. The number of hydrogen-bond donors (Lipinski definition) is 3. The molecule has 0 atom stereocenters. The molecule has 0 spiro atoms. The number of rotatable bonds is 3. The van der Waals surface area contributed by atoms with E-state index in [-0.39, 0.29) is 0 Å². The molecule has 0 unspecified atom stereocenters. The van der Waals surface area contributed by atoms with Gasteiger partial charge in [0, 0.05) is 43.6 Å². The van der Waals surface area contributed by atoms with Gasteiger partial charge in [-0.15, -0.1) is 0 Å². The fraction of sp³-hybridized carbons (Fsp3) is 0.500. The Morgan fingerprint density at radius 1 is 1.17 bits per heavy atom. The van der Waals surface area contributed by atoms with Gasteiger partial charge >= 0.3 is 0 Å². The number of fused-ring (bicyclic) bond motifs is 1. The van der Waals surface area contributed by atoms with E-state index in [1.165, 1.54) is 5.56 Å². The third-order valence-electron chi connectivity index (χ3n) is 4.63. The van der Waals surface area contributed by atoms with Gasteiger partial charge in [0.15, 0.2) is 0 Å². The van der Waals surface area contributed by atoms with E-state index in [9.17, 15) is 0 Å². The smallest absolute Gasteiger partial charge is 0.222 e. The monoisotopic (exact) mass is 326 g/mol. The highest BCUT2D eigenvalue weighted by Gasteiger charge is 2.25. The Kier molecular flexibility index (Phi) is 4.12. The summed E-state index contributed by atoms with van der Waals surface area (Å²) < 4.78 is 0. The zero-order chi connectivity index (χ0) is 16.4. The van der Waals surface area contributed by atoms with Crippen LogP contribution in [0, 0.1) is 0 Å². The van der Waals surface area contributed by atoms with Crippen LogP contribution in [0.1, 0.15) is 24.1 Å². The summed E-state index contributed by atoms with van der Waals surface area (Å²) in [7, 11) is 0. The Bertz CT molecular complexity index is 697. The normalized spacial score (nSPS) is 18.2. The topological polar surface area (TPSA) is 105 Å². The third kappa shape index (κ3) is 3.09. The molecular weight excluding hydrogens is 304 g/mol. The molecule has 2 aromatic rings. The number of nitrogens with two attached hydrogens (primary N) is 1. The molecule has 1 fully saturated rings. The SMILES string of the molecule is Nc1nc2c(c(N3CCC(Nc4ncccn4)CC3)n1)CCNC2. The van der Waals surface area contributed by atoms with Gasteiger partial charge in [-0.2, -0.15) is 4.98 Å². The molecule has 4 rings (SSSR count). The van der Waals surface area contributed by atoms with Crippen molar-refractivity contribution in [2.75, 3.05) is 35.6 Å². The summed E-state index contributed by atoms with van der Waals surface area (Å²) in [6, 6.07) is 2.21. The molecule has 0 aliphatic carbocycles. The number of nitrogens with zero attached hydrogens (tertiary/aromatic N) is 5. The molecule has 2 aliphatic rings. The highest BCUT2D eigenvalue weighted by molar-refractivity contribution is 5.53. The molecule has 0 aromatic carbocycles. The van der Waals surface area contributed by atoms with Gasteiger partial charge in [0.05, 0.1) is 5.69 Å². The van der Waals surface area contributed by atoms with E-state index >= 15 is 0 Å². The van der Waals surface area contributed by atoms with Crippen LogP contribution in [0.25, 0.3) is 0 Å². The standard InChI is InChI=1S/C16H22N8/c17-15-22-13-10-18-7-2-12(13)14(23-15)24-8-3-11(4-9-24)21-16-19-5-1-6-20-16/h1,5-6,11,18H,2-4,7-10H2,(H2,17,22,23)(H,19,20,21). The third-order valence-corrected chi connectivity index (χ3v) is 4.63. The fourth-order valence-corrected chi connectivity index (χ4v) is 3.41. The van der Waals surface area contributed by atoms with Crippen LogP contribution in [0.5, 0.6) is 0 Å². The number of piperidine rings is 1. The zero-order valence-electron chi connectivity index (χ0n) is 13.6. The molecule has 126 valence electrons. The Morgan fingerprint density at radius 2 is 1.96 bits per heavy atom. The van der Waals surface area contributed by atoms with Gasteiger partial charge in [-0.3, -0.25) is 0 Å². The lowest BCUT2D eigenvalue weighted by atomic mass is 10.0. The summed E-state index contributed by atoms with van der Waals surface area (Å²) >= 11 is 0. The molecule has 0 radical (unpaired) electrons. The van der Waals surface area contributed by atoms with E-state index in [0.29, 0.717) is 17.9 Å². The minimum Gasteiger partial charge on any atom is -0.368 e. The average Bonchev–Trinajstić information content (AvgIpc) is 2.62. The number of nitrogen functional groups attached to an aromatic ring is 1. The van der Waals surface area contributed by atoms with Crippen molar-refractivity contribution in [3.8, 4) is 0 Å². The fourth-order valence-electron chi connectivity index (χ4n) is 3.41. The van der Waals surface area contributed by atoms with Crippen LogP contribution in [0.15, 0.2) is 18.5 Å². The van der Waals surface area contributed by atoms with Crippen LogP contribution in [0.2, 0.25) is 0 Å². The van der Waals surface area contributed by atoms with Crippen LogP contribution in [-0.4, -0.2) is 45.6 Å². The lowest BCUT2D eigenvalue weighted by molar-refractivity contribution is 0.517. The first-order valence-corrected chi connectivity index (χ1v) is 8.44. The summed E-state index contributed by atoms with van der Waals surface area (Å²) in [4.78, 5) is 19.7. The lowest BCUT2D eigenvalue weighted by Gasteiger charge is -2.35. The molecule has 8 heteroatoms. The van der Waals surface area contributed by atoms with Gasteiger partial charge in [-0.25, -0.2) is 15.0 Å². The number of nitrogens with one attached hydrogen (secondary N) is 2. The zero-order valence-corrected chi connectivity index (χ0v) is 13.6. The first-order valence-electron chi connectivity index (χ1n) is 8.44. The molecular formula is C16H22N8. The average molecular weight is 326 g/mol. The molecule has 0 amide bonds. The first-order chi connectivity index (χ1) is 11.8. The van der Waals surface area contributed by atoms with Crippen LogP contribution >= 0.6 is 0 Å². The molecule has 8 nitrogen and oxygen atoms in total. The minimum atomic E-state index is 0.366. The summed E-state index contributed by atoms with van der Waals surface area (Å²) in [6.07, 6.45) is 6.52. The van der Waals surface area contributed by atoms with E-state index in [1.54, 1.807) is 12.4 Å². The molecule has 2 aromatic heterocycles. The van der Waals surface area contributed by atoms with Gasteiger partial charge < -0.3 is 21.3 Å². The van der Waals surface area contributed by atoms with Crippen LogP contribution in [0.4, 0.5) is 17.7 Å². The number of aromatic nitrogens is 4. The van der Waals surface area contributed by atoms with Crippen molar-refractivity contribution in [2.24, 2.45) is 0 Å². The van der Waals surface area contributed by atoms with Crippen molar-refractivity contribution in [3.05, 3.63) is 29.7 Å². The van der Waals surface area contributed by atoms with Gasteiger partial charge in [-0.1, -0.05) is 0 Å². The predicted octanol–water partition coefficient (Wildman–Crippen LogP) is 0.575. The Balaban J connectivity index is 1.45. The van der Waals surface area contributed by atoms with Crippen molar-refractivity contribution in [2.45, 2.75) is 31.8 Å². The van der Waals surface area contributed by atoms with Crippen molar-refractivity contribution < 1.29 is 0 Å². The van der Waals surface area contributed by atoms with Gasteiger partial charge in [0.25, 0.3) is 0 Å². The van der Waals surface area contributed by atoms with Crippen molar-refractivity contribution in [1.82, 2.24) is 25.3 Å². The highest BCUT2D eigenvalue weighted by Crippen LogP contribution is 2.27. The Hall–Kier alpha value is -2.48. The second kappa shape index (κ2) is 6.56. The maximum absolute atomic E-state index is 5.91. The van der Waals surface area contributed by atoms with Crippen LogP contribution in [0.3, 0.4) is 0 Å². The van der Waals surface area contributed by atoms with E-state index < -0.39 is 0 Å².